The van der Waals surface area contributed by atoms with Gasteiger partial charge in [-0.1, -0.05) is 0 Å². The van der Waals surface area contributed by atoms with Gasteiger partial charge in [-0.25, -0.2) is 0 Å². The molecule has 0 aliphatic carbocycles. The van der Waals surface area contributed by atoms with Crippen molar-refractivity contribution in [3.05, 3.63) is 46.4 Å². The second-order valence-electron chi connectivity index (χ2n) is 6.84. The zero-order valence-corrected chi connectivity index (χ0v) is 14.7. The number of likely N-dealkylation sites (tertiary alicyclic amines) is 1. The molecule has 24 heavy (non-hydrogen) atoms. The fourth-order valence-corrected chi connectivity index (χ4v) is 4.53. The van der Waals surface area contributed by atoms with Crippen LogP contribution < -0.4 is 5.32 Å². The van der Waals surface area contributed by atoms with Crippen molar-refractivity contribution in [1.82, 2.24) is 14.8 Å². The molecule has 0 radical (unpaired) electrons. The van der Waals surface area contributed by atoms with E-state index in [1.165, 1.54) is 5.56 Å². The third-order valence-electron chi connectivity index (χ3n) is 5.20. The maximum atomic E-state index is 12.3. The number of rotatable bonds is 5. The van der Waals surface area contributed by atoms with Crippen LogP contribution in [-0.2, 0) is 18.3 Å². The van der Waals surface area contributed by atoms with Crippen LogP contribution in [0.15, 0.2) is 35.2 Å². The van der Waals surface area contributed by atoms with Gasteiger partial charge < -0.3 is 14.6 Å². The third kappa shape index (κ3) is 3.14. The highest BCUT2D eigenvalue weighted by atomic mass is 32.1. The van der Waals surface area contributed by atoms with E-state index in [4.69, 9.17) is 4.74 Å². The SMILES string of the molecule is Cn1cccc1C(=O)NC[C@H]1CO[C@@H]2CN(Cc3ccsc3)C[C@H]12. The predicted octanol–water partition coefficient (Wildman–Crippen LogP) is 1.96. The number of nitrogens with one attached hydrogen (secondary N) is 1. The summed E-state index contributed by atoms with van der Waals surface area (Å²) in [6.45, 7) is 4.52. The van der Waals surface area contributed by atoms with E-state index in [2.05, 4.69) is 27.0 Å². The topological polar surface area (TPSA) is 46.5 Å². The molecule has 2 aliphatic rings. The molecular weight excluding hydrogens is 322 g/mol. The number of amides is 1. The van der Waals surface area contributed by atoms with Gasteiger partial charge in [-0.3, -0.25) is 9.69 Å². The van der Waals surface area contributed by atoms with Gasteiger partial charge in [0.1, 0.15) is 5.69 Å². The van der Waals surface area contributed by atoms with Gasteiger partial charge in [0.15, 0.2) is 0 Å². The molecule has 4 heterocycles. The van der Waals surface area contributed by atoms with Crippen LogP contribution in [0.1, 0.15) is 16.1 Å². The number of aromatic nitrogens is 1. The fraction of sp³-hybridized carbons (Fsp3) is 0.500. The number of thiophene rings is 1. The van der Waals surface area contributed by atoms with E-state index in [-0.39, 0.29) is 5.91 Å². The molecule has 1 amide bonds. The van der Waals surface area contributed by atoms with E-state index >= 15 is 0 Å². The number of hydrogen-bond acceptors (Lipinski definition) is 4. The van der Waals surface area contributed by atoms with E-state index in [0.29, 0.717) is 30.2 Å². The number of ether oxygens (including phenoxy) is 1. The summed E-state index contributed by atoms with van der Waals surface area (Å²) in [4.78, 5) is 14.7. The Labute approximate surface area is 146 Å². The number of fused-ring (bicyclic) bond motifs is 1. The van der Waals surface area contributed by atoms with Crippen molar-refractivity contribution in [2.24, 2.45) is 18.9 Å². The predicted molar refractivity (Wildman–Crippen MR) is 94.1 cm³/mol. The first-order valence-electron chi connectivity index (χ1n) is 8.45. The van der Waals surface area contributed by atoms with Crippen molar-refractivity contribution in [3.63, 3.8) is 0 Å². The van der Waals surface area contributed by atoms with Gasteiger partial charge in [-0.2, -0.15) is 11.3 Å². The molecule has 4 rings (SSSR count). The van der Waals surface area contributed by atoms with Crippen LogP contribution in [0.2, 0.25) is 0 Å². The molecule has 1 N–H and O–H groups in total. The zero-order chi connectivity index (χ0) is 16.5. The van der Waals surface area contributed by atoms with Crippen molar-refractivity contribution < 1.29 is 9.53 Å². The van der Waals surface area contributed by atoms with Gasteiger partial charge >= 0.3 is 0 Å². The number of aryl methyl sites for hydroxylation is 1. The Morgan fingerprint density at radius 3 is 3.08 bits per heavy atom. The van der Waals surface area contributed by atoms with Crippen LogP contribution in [0.25, 0.3) is 0 Å². The quantitative estimate of drug-likeness (QED) is 0.901. The molecule has 128 valence electrons. The Balaban J connectivity index is 1.31. The van der Waals surface area contributed by atoms with Crippen molar-refractivity contribution in [3.8, 4) is 0 Å². The Hall–Kier alpha value is -1.63. The van der Waals surface area contributed by atoms with Gasteiger partial charge in [0.25, 0.3) is 5.91 Å². The van der Waals surface area contributed by atoms with Gasteiger partial charge in [0.2, 0.25) is 0 Å². The summed E-state index contributed by atoms with van der Waals surface area (Å²) < 4.78 is 7.84. The lowest BCUT2D eigenvalue weighted by Crippen LogP contribution is -2.34. The minimum Gasteiger partial charge on any atom is -0.376 e. The second kappa shape index (κ2) is 6.70. The van der Waals surface area contributed by atoms with Crippen molar-refractivity contribution in [2.45, 2.75) is 12.6 Å². The zero-order valence-electron chi connectivity index (χ0n) is 13.9. The summed E-state index contributed by atoms with van der Waals surface area (Å²) in [5, 5.41) is 7.43. The van der Waals surface area contributed by atoms with Crippen molar-refractivity contribution in [1.29, 1.82) is 0 Å². The Bertz CT molecular complexity index is 697. The highest BCUT2D eigenvalue weighted by molar-refractivity contribution is 7.07. The van der Waals surface area contributed by atoms with Crippen LogP contribution in [0, 0.1) is 11.8 Å². The molecule has 0 spiro atoms. The van der Waals surface area contributed by atoms with Crippen LogP contribution in [0.3, 0.4) is 0 Å². The molecule has 2 fully saturated rings. The summed E-state index contributed by atoms with van der Waals surface area (Å²) in [6.07, 6.45) is 2.21. The number of nitrogens with zero attached hydrogens (tertiary/aromatic N) is 2. The molecule has 6 heteroatoms. The molecule has 2 aliphatic heterocycles. The minimum atomic E-state index is -0.000855. The molecule has 0 aromatic carbocycles. The van der Waals surface area contributed by atoms with Crippen LogP contribution in [0.5, 0.6) is 0 Å². The number of carbonyl (C=O) groups is 1. The van der Waals surface area contributed by atoms with E-state index in [1.807, 2.05) is 29.9 Å². The molecule has 2 aromatic heterocycles. The smallest absolute Gasteiger partial charge is 0.267 e. The Kier molecular flexibility index (Phi) is 4.43. The average Bonchev–Trinajstić information content (AvgIpc) is 3.31. The third-order valence-corrected chi connectivity index (χ3v) is 5.93. The van der Waals surface area contributed by atoms with Crippen LogP contribution in [0.4, 0.5) is 0 Å². The van der Waals surface area contributed by atoms with E-state index in [0.717, 1.165) is 26.2 Å². The average molecular weight is 345 g/mol. The Morgan fingerprint density at radius 2 is 2.33 bits per heavy atom. The molecule has 0 bridgehead atoms. The highest BCUT2D eigenvalue weighted by Crippen LogP contribution is 2.34. The lowest BCUT2D eigenvalue weighted by molar-refractivity contribution is 0.0899. The maximum Gasteiger partial charge on any atom is 0.267 e. The van der Waals surface area contributed by atoms with Crippen molar-refractivity contribution >= 4 is 17.2 Å². The molecule has 2 aromatic rings. The highest BCUT2D eigenvalue weighted by Gasteiger charge is 2.43. The van der Waals surface area contributed by atoms with E-state index in [1.54, 1.807) is 11.3 Å². The molecule has 3 atom stereocenters. The molecule has 2 saturated heterocycles. The normalized spacial score (nSPS) is 26.6. The summed E-state index contributed by atoms with van der Waals surface area (Å²) in [5.74, 6) is 0.933. The van der Waals surface area contributed by atoms with Gasteiger partial charge in [0, 0.05) is 51.3 Å². The standard InChI is InChI=1S/C18H23N3O2S/c1-20-5-2-3-16(20)18(22)19-7-14-11-23-17-10-21(9-15(14)17)8-13-4-6-24-12-13/h2-6,12,14-15,17H,7-11H2,1H3,(H,19,22)/t14-,15+,17+/m0/s1. The van der Waals surface area contributed by atoms with Crippen molar-refractivity contribution in [2.75, 3.05) is 26.2 Å². The summed E-state index contributed by atoms with van der Waals surface area (Å²) >= 11 is 1.75. The maximum absolute atomic E-state index is 12.3. The molecule has 0 unspecified atom stereocenters. The van der Waals surface area contributed by atoms with E-state index < -0.39 is 0 Å². The van der Waals surface area contributed by atoms with Gasteiger partial charge in [-0.15, -0.1) is 0 Å². The summed E-state index contributed by atoms with van der Waals surface area (Å²) in [5.41, 5.74) is 2.09. The largest absolute Gasteiger partial charge is 0.376 e. The first kappa shape index (κ1) is 15.9. The summed E-state index contributed by atoms with van der Waals surface area (Å²) in [7, 11) is 1.89. The number of hydrogen-bond donors (Lipinski definition) is 1. The number of carbonyl (C=O) groups excluding carboxylic acids is 1. The first-order chi connectivity index (χ1) is 11.7. The Morgan fingerprint density at radius 1 is 1.42 bits per heavy atom. The van der Waals surface area contributed by atoms with Crippen LogP contribution in [-0.4, -0.2) is 47.7 Å². The monoisotopic (exact) mass is 345 g/mol. The van der Waals surface area contributed by atoms with Gasteiger partial charge in [-0.05, 0) is 34.5 Å². The lowest BCUT2D eigenvalue weighted by Gasteiger charge is -2.19. The van der Waals surface area contributed by atoms with E-state index in [9.17, 15) is 4.79 Å². The lowest BCUT2D eigenvalue weighted by atomic mass is 9.93. The second-order valence-corrected chi connectivity index (χ2v) is 7.62. The molecule has 0 saturated carbocycles. The minimum absolute atomic E-state index is 0.000855. The van der Waals surface area contributed by atoms with Crippen LogP contribution >= 0.6 is 11.3 Å². The summed E-state index contributed by atoms with van der Waals surface area (Å²) in [6, 6.07) is 5.93. The first-order valence-corrected chi connectivity index (χ1v) is 9.39. The fourth-order valence-electron chi connectivity index (χ4n) is 3.87. The molecular formula is C18H23N3O2S. The van der Waals surface area contributed by atoms with Gasteiger partial charge in [0.05, 0.1) is 12.7 Å². The molecule has 5 nitrogen and oxygen atoms in total.